The van der Waals surface area contributed by atoms with Gasteiger partial charge in [0.2, 0.25) is 0 Å². The molecule has 0 radical (unpaired) electrons. The molecule has 0 bridgehead atoms. The summed E-state index contributed by atoms with van der Waals surface area (Å²) in [7, 11) is -1.72. The molecule has 0 aromatic heterocycles. The molecule has 1 rings (SSSR count). The molecule has 1 amide bonds. The van der Waals surface area contributed by atoms with Gasteiger partial charge >= 0.3 is 0 Å². The standard InChI is InChI=1S/C23H43NO4Si/c1-10-13-14-15-16-19(22(25)24(11-2)12-3)27-21(18(4)29(7,8)9)20-17-26-23(5,6)28-20/h14-15,19-21H,4,10-13,16-17H2,1-3,5-9H3/b15-14+/t19-,20+,21+/m0/s1. The highest BCUT2D eigenvalue weighted by Crippen LogP contribution is 2.32. The van der Waals surface area contributed by atoms with Crippen LogP contribution in [-0.4, -0.2) is 62.7 Å². The minimum absolute atomic E-state index is 0.0303. The average Bonchev–Trinajstić information content (AvgIpc) is 3.00. The van der Waals surface area contributed by atoms with E-state index in [9.17, 15) is 4.79 Å². The van der Waals surface area contributed by atoms with Gasteiger partial charge in [-0.05, 0) is 34.1 Å². The molecule has 1 fully saturated rings. The van der Waals surface area contributed by atoms with E-state index in [2.05, 4.69) is 45.3 Å². The maximum atomic E-state index is 13.2. The van der Waals surface area contributed by atoms with Crippen LogP contribution < -0.4 is 0 Å². The molecule has 1 saturated heterocycles. The SMILES string of the molecule is C=C([C@@H](O[C@@H](C/C=C/CCC)C(=O)N(CC)CC)[C@H]1COC(C)(C)O1)[Si](C)(C)C. The third-order valence-electron chi connectivity index (χ3n) is 5.31. The molecule has 6 heteroatoms. The fourth-order valence-electron chi connectivity index (χ4n) is 3.32. The molecule has 5 nitrogen and oxygen atoms in total. The Hall–Kier alpha value is -0.953. The number of amides is 1. The Balaban J connectivity index is 3.13. The second-order valence-electron chi connectivity index (χ2n) is 9.19. The van der Waals surface area contributed by atoms with E-state index < -0.39 is 20.0 Å². The van der Waals surface area contributed by atoms with Gasteiger partial charge in [-0.15, -0.1) is 6.58 Å². The lowest BCUT2D eigenvalue weighted by molar-refractivity contribution is -0.164. The molecule has 1 heterocycles. The topological polar surface area (TPSA) is 48.0 Å². The van der Waals surface area contributed by atoms with Crippen LogP contribution in [0, 0.1) is 0 Å². The molecule has 0 spiro atoms. The smallest absolute Gasteiger partial charge is 0.252 e. The number of rotatable bonds is 12. The van der Waals surface area contributed by atoms with Gasteiger partial charge in [-0.2, -0.15) is 0 Å². The number of carbonyl (C=O) groups excluding carboxylic acids is 1. The van der Waals surface area contributed by atoms with Crippen LogP contribution >= 0.6 is 0 Å². The van der Waals surface area contributed by atoms with Crippen LogP contribution in [0.25, 0.3) is 0 Å². The Kier molecular flexibility index (Phi) is 10.3. The first-order valence-corrected chi connectivity index (χ1v) is 14.6. The van der Waals surface area contributed by atoms with Crippen LogP contribution in [0.15, 0.2) is 23.9 Å². The van der Waals surface area contributed by atoms with Crippen LogP contribution in [0.5, 0.6) is 0 Å². The van der Waals surface area contributed by atoms with Crippen molar-refractivity contribution in [1.29, 1.82) is 0 Å². The van der Waals surface area contributed by atoms with Crippen molar-refractivity contribution in [2.75, 3.05) is 19.7 Å². The third kappa shape index (κ3) is 8.00. The Labute approximate surface area is 179 Å². The second kappa shape index (κ2) is 11.4. The number of ether oxygens (including phenoxy) is 3. The summed E-state index contributed by atoms with van der Waals surface area (Å²) in [4.78, 5) is 15.0. The molecule has 0 saturated carbocycles. The van der Waals surface area contributed by atoms with Gasteiger partial charge in [0.1, 0.15) is 18.3 Å². The zero-order valence-electron chi connectivity index (χ0n) is 19.9. The molecule has 1 aliphatic rings. The summed E-state index contributed by atoms with van der Waals surface area (Å²) < 4.78 is 18.5. The van der Waals surface area contributed by atoms with Gasteiger partial charge in [-0.1, -0.05) is 50.3 Å². The van der Waals surface area contributed by atoms with E-state index in [0.717, 1.165) is 18.0 Å². The van der Waals surface area contributed by atoms with Crippen molar-refractivity contribution in [3.8, 4) is 0 Å². The molecular weight excluding hydrogens is 382 g/mol. The molecule has 0 aliphatic carbocycles. The van der Waals surface area contributed by atoms with E-state index in [1.54, 1.807) is 0 Å². The number of likely N-dealkylation sites (N-methyl/N-ethyl adjacent to an activating group) is 1. The lowest BCUT2D eigenvalue weighted by Crippen LogP contribution is -2.48. The van der Waals surface area contributed by atoms with Gasteiger partial charge in [0.25, 0.3) is 5.91 Å². The average molecular weight is 426 g/mol. The number of carbonyl (C=O) groups is 1. The summed E-state index contributed by atoms with van der Waals surface area (Å²) in [5.74, 6) is -0.617. The largest absolute Gasteiger partial charge is 0.358 e. The predicted molar refractivity (Wildman–Crippen MR) is 123 cm³/mol. The molecule has 3 atom stereocenters. The first-order chi connectivity index (χ1) is 13.5. The minimum atomic E-state index is -1.72. The van der Waals surface area contributed by atoms with E-state index in [1.165, 1.54) is 0 Å². The lowest BCUT2D eigenvalue weighted by atomic mass is 10.1. The predicted octanol–water partition coefficient (Wildman–Crippen LogP) is 4.94. The van der Waals surface area contributed by atoms with Gasteiger partial charge < -0.3 is 19.1 Å². The summed E-state index contributed by atoms with van der Waals surface area (Å²) in [5, 5.41) is 1.05. The minimum Gasteiger partial charge on any atom is -0.358 e. The van der Waals surface area contributed by atoms with Crippen molar-refractivity contribution < 1.29 is 19.0 Å². The molecular formula is C23H43NO4Si. The summed E-state index contributed by atoms with van der Waals surface area (Å²) in [5.41, 5.74) is 0. The van der Waals surface area contributed by atoms with Crippen molar-refractivity contribution in [2.45, 2.75) is 97.6 Å². The van der Waals surface area contributed by atoms with E-state index in [0.29, 0.717) is 26.1 Å². The number of nitrogens with zero attached hydrogens (tertiary/aromatic N) is 1. The maximum absolute atomic E-state index is 13.2. The highest BCUT2D eigenvalue weighted by molar-refractivity contribution is 6.83. The van der Waals surface area contributed by atoms with Crippen LogP contribution in [0.1, 0.15) is 53.9 Å². The van der Waals surface area contributed by atoms with E-state index in [-0.39, 0.29) is 18.1 Å². The van der Waals surface area contributed by atoms with Crippen LogP contribution in [0.3, 0.4) is 0 Å². The van der Waals surface area contributed by atoms with Gasteiger partial charge in [0.15, 0.2) is 5.79 Å². The van der Waals surface area contributed by atoms with E-state index in [4.69, 9.17) is 14.2 Å². The fourth-order valence-corrected chi connectivity index (χ4v) is 4.43. The third-order valence-corrected chi connectivity index (χ3v) is 7.52. The summed E-state index contributed by atoms with van der Waals surface area (Å²) in [6.07, 6.45) is 5.69. The van der Waals surface area contributed by atoms with Crippen molar-refractivity contribution >= 4 is 14.0 Å². The summed E-state index contributed by atoms with van der Waals surface area (Å²) >= 11 is 0. The van der Waals surface area contributed by atoms with Crippen LogP contribution in [-0.2, 0) is 19.0 Å². The second-order valence-corrected chi connectivity index (χ2v) is 14.3. The zero-order chi connectivity index (χ0) is 22.2. The molecule has 1 aliphatic heterocycles. The number of hydrogen-bond acceptors (Lipinski definition) is 4. The number of unbranched alkanes of at least 4 members (excludes halogenated alkanes) is 1. The van der Waals surface area contributed by atoms with Gasteiger partial charge in [0.05, 0.1) is 14.7 Å². The van der Waals surface area contributed by atoms with Gasteiger partial charge in [-0.25, -0.2) is 0 Å². The van der Waals surface area contributed by atoms with Gasteiger partial charge in [-0.3, -0.25) is 4.79 Å². The van der Waals surface area contributed by atoms with Crippen molar-refractivity contribution in [3.05, 3.63) is 23.9 Å². The number of hydrogen-bond donors (Lipinski definition) is 0. The first kappa shape index (κ1) is 26.1. The van der Waals surface area contributed by atoms with Gasteiger partial charge in [0, 0.05) is 19.5 Å². The Morgan fingerprint density at radius 3 is 2.31 bits per heavy atom. The first-order valence-electron chi connectivity index (χ1n) is 11.1. The van der Waals surface area contributed by atoms with Crippen molar-refractivity contribution in [1.82, 2.24) is 4.90 Å². The van der Waals surface area contributed by atoms with E-state index >= 15 is 0 Å². The summed E-state index contributed by atoms with van der Waals surface area (Å²) in [6.45, 7) is 22.9. The highest BCUT2D eigenvalue weighted by Gasteiger charge is 2.43. The van der Waals surface area contributed by atoms with Crippen LogP contribution in [0.4, 0.5) is 0 Å². The highest BCUT2D eigenvalue weighted by atomic mass is 28.3. The molecule has 0 aromatic rings. The monoisotopic (exact) mass is 425 g/mol. The lowest BCUT2D eigenvalue weighted by Gasteiger charge is -2.35. The summed E-state index contributed by atoms with van der Waals surface area (Å²) in [6, 6.07) is 0. The molecule has 0 N–H and O–H groups in total. The Bertz CT molecular complexity index is 564. The molecule has 0 unspecified atom stereocenters. The van der Waals surface area contributed by atoms with Crippen molar-refractivity contribution in [3.63, 3.8) is 0 Å². The van der Waals surface area contributed by atoms with Crippen molar-refractivity contribution in [2.24, 2.45) is 0 Å². The molecule has 29 heavy (non-hydrogen) atoms. The Morgan fingerprint density at radius 1 is 1.24 bits per heavy atom. The van der Waals surface area contributed by atoms with E-state index in [1.807, 2.05) is 32.6 Å². The molecule has 0 aromatic carbocycles. The normalized spacial score (nSPS) is 21.3. The zero-order valence-corrected chi connectivity index (χ0v) is 20.9. The fraction of sp³-hybridized carbons (Fsp3) is 0.783. The quantitative estimate of drug-likeness (QED) is 0.328. The molecule has 168 valence electrons. The maximum Gasteiger partial charge on any atom is 0.252 e. The number of allylic oxidation sites excluding steroid dienone is 1. The van der Waals surface area contributed by atoms with Crippen LogP contribution in [0.2, 0.25) is 19.6 Å². The Morgan fingerprint density at radius 2 is 1.86 bits per heavy atom.